The van der Waals surface area contributed by atoms with E-state index >= 15 is 0 Å². The molecule has 2 aromatic heterocycles. The summed E-state index contributed by atoms with van der Waals surface area (Å²) in [6.07, 6.45) is 9.28. The third-order valence-corrected chi connectivity index (χ3v) is 6.21. The van der Waals surface area contributed by atoms with E-state index in [0.717, 1.165) is 24.2 Å². The molecule has 2 atom stereocenters. The lowest BCUT2D eigenvalue weighted by Gasteiger charge is -2.32. The summed E-state index contributed by atoms with van der Waals surface area (Å²) in [6.45, 7) is 2.28. The SMILES string of the molecule is C#CCOC(=O)N1CCCC(CNc2nc(C34CN3c3ncc(Cl)cc34)ncc2F)C1. The molecule has 0 spiro atoms. The number of piperidine rings is 1. The highest BCUT2D eigenvalue weighted by Gasteiger charge is 2.68. The number of aromatic nitrogens is 3. The lowest BCUT2D eigenvalue weighted by Crippen LogP contribution is -2.42. The number of carbonyl (C=O) groups is 1. The highest BCUT2D eigenvalue weighted by atomic mass is 35.5. The maximum atomic E-state index is 14.4. The van der Waals surface area contributed by atoms with Gasteiger partial charge in [0, 0.05) is 31.4 Å². The van der Waals surface area contributed by atoms with Crippen molar-refractivity contribution in [3.8, 4) is 12.3 Å². The first-order valence-corrected chi connectivity index (χ1v) is 10.5. The number of likely N-dealkylation sites (tertiary alicyclic amines) is 1. The van der Waals surface area contributed by atoms with Crippen molar-refractivity contribution < 1.29 is 13.9 Å². The van der Waals surface area contributed by atoms with Gasteiger partial charge in [-0.05, 0) is 24.8 Å². The fourth-order valence-electron chi connectivity index (χ4n) is 4.41. The van der Waals surface area contributed by atoms with Gasteiger partial charge in [-0.2, -0.15) is 0 Å². The van der Waals surface area contributed by atoms with Crippen LogP contribution in [0, 0.1) is 24.1 Å². The van der Waals surface area contributed by atoms with Crippen molar-refractivity contribution in [2.24, 2.45) is 5.92 Å². The minimum atomic E-state index is -0.516. The molecule has 0 saturated carbocycles. The first-order valence-electron chi connectivity index (χ1n) is 10.1. The highest BCUT2D eigenvalue weighted by Crippen LogP contribution is 2.61. The minimum Gasteiger partial charge on any atom is -0.436 e. The topological polar surface area (TPSA) is 83.2 Å². The van der Waals surface area contributed by atoms with Gasteiger partial charge in [0.05, 0.1) is 17.8 Å². The zero-order valence-corrected chi connectivity index (χ0v) is 17.4. The van der Waals surface area contributed by atoms with Crippen molar-refractivity contribution in [3.63, 3.8) is 0 Å². The van der Waals surface area contributed by atoms with Gasteiger partial charge < -0.3 is 19.9 Å². The molecule has 8 nitrogen and oxygen atoms in total. The first kappa shape index (κ1) is 19.8. The largest absolute Gasteiger partial charge is 0.436 e. The Bertz CT molecular complexity index is 1090. The van der Waals surface area contributed by atoms with E-state index in [2.05, 4.69) is 31.1 Å². The standard InChI is InChI=1S/C21H20ClFN6O2/c1-2-6-31-20(30)28-5-3-4-13(11-28)8-24-17-16(23)10-26-19(27-17)21-12-29(21)18-15(21)7-14(22)9-25-18/h1,7,9-10,13H,3-6,8,11-12H2,(H,24,26,27). The second-order valence-electron chi connectivity index (χ2n) is 7.96. The van der Waals surface area contributed by atoms with Gasteiger partial charge in [-0.25, -0.2) is 24.1 Å². The number of nitrogens with zero attached hydrogens (tertiary/aromatic N) is 5. The summed E-state index contributed by atoms with van der Waals surface area (Å²) >= 11 is 6.10. The van der Waals surface area contributed by atoms with Gasteiger partial charge in [-0.15, -0.1) is 6.42 Å². The number of pyridine rings is 1. The maximum Gasteiger partial charge on any atom is 0.410 e. The number of halogens is 2. The first-order chi connectivity index (χ1) is 15.0. The molecule has 2 fully saturated rings. The molecule has 0 aliphatic carbocycles. The molecule has 31 heavy (non-hydrogen) atoms. The third kappa shape index (κ3) is 3.31. The molecule has 0 radical (unpaired) electrons. The van der Waals surface area contributed by atoms with E-state index in [1.807, 2.05) is 6.07 Å². The number of nitrogens with one attached hydrogen (secondary N) is 1. The van der Waals surface area contributed by atoms with Gasteiger partial charge in [0.15, 0.2) is 24.1 Å². The molecule has 3 aliphatic heterocycles. The van der Waals surface area contributed by atoms with Crippen molar-refractivity contribution in [2.75, 3.05) is 43.0 Å². The zero-order valence-electron chi connectivity index (χ0n) is 16.6. The number of amides is 1. The Morgan fingerprint density at radius 2 is 2.32 bits per heavy atom. The van der Waals surface area contributed by atoms with Crippen LogP contribution in [0.15, 0.2) is 18.5 Å². The van der Waals surface area contributed by atoms with Gasteiger partial charge in [-0.3, -0.25) is 0 Å². The molecule has 5 heterocycles. The summed E-state index contributed by atoms with van der Waals surface area (Å²) in [5.41, 5.74) is 0.505. The molecule has 2 unspecified atom stereocenters. The van der Waals surface area contributed by atoms with Crippen molar-refractivity contribution in [1.82, 2.24) is 19.9 Å². The average molecular weight is 443 g/mol. The van der Waals surface area contributed by atoms with Crippen LogP contribution < -0.4 is 10.2 Å². The number of ether oxygens (including phenoxy) is 1. The Balaban J connectivity index is 1.26. The molecular formula is C21H20ClFN6O2. The quantitative estimate of drug-likeness (QED) is 0.563. The molecule has 10 heteroatoms. The molecule has 0 bridgehead atoms. The fraction of sp³-hybridized carbons (Fsp3) is 0.429. The number of hydrogen-bond donors (Lipinski definition) is 1. The Labute approximate surface area is 183 Å². The van der Waals surface area contributed by atoms with Crippen molar-refractivity contribution in [2.45, 2.75) is 18.4 Å². The van der Waals surface area contributed by atoms with E-state index in [9.17, 15) is 9.18 Å². The minimum absolute atomic E-state index is 0.0458. The van der Waals surface area contributed by atoms with E-state index in [-0.39, 0.29) is 18.3 Å². The number of anilines is 2. The van der Waals surface area contributed by atoms with E-state index in [1.54, 1.807) is 11.1 Å². The van der Waals surface area contributed by atoms with Crippen LogP contribution in [-0.4, -0.2) is 58.7 Å². The second kappa shape index (κ2) is 7.54. The van der Waals surface area contributed by atoms with E-state index in [0.29, 0.717) is 37.0 Å². The Morgan fingerprint density at radius 3 is 3.16 bits per heavy atom. The van der Waals surface area contributed by atoms with Crippen LogP contribution in [0.25, 0.3) is 0 Å². The Kier molecular flexibility index (Phi) is 4.82. The summed E-state index contributed by atoms with van der Waals surface area (Å²) in [5, 5.41) is 3.65. The summed E-state index contributed by atoms with van der Waals surface area (Å²) in [4.78, 5) is 28.8. The maximum absolute atomic E-state index is 14.4. The van der Waals surface area contributed by atoms with Gasteiger partial charge in [0.1, 0.15) is 11.4 Å². The number of hydrogen-bond acceptors (Lipinski definition) is 7. The van der Waals surface area contributed by atoms with Gasteiger partial charge in [-0.1, -0.05) is 17.5 Å². The molecule has 3 aliphatic rings. The molecule has 2 aromatic rings. The monoisotopic (exact) mass is 442 g/mol. The summed E-state index contributed by atoms with van der Waals surface area (Å²) in [6, 6.07) is 1.86. The predicted octanol–water partition coefficient (Wildman–Crippen LogP) is 2.64. The predicted molar refractivity (Wildman–Crippen MR) is 112 cm³/mol. The van der Waals surface area contributed by atoms with E-state index in [4.69, 9.17) is 22.8 Å². The fourth-order valence-corrected chi connectivity index (χ4v) is 4.57. The van der Waals surface area contributed by atoms with E-state index < -0.39 is 17.4 Å². The van der Waals surface area contributed by atoms with E-state index in [1.165, 1.54) is 6.20 Å². The molecule has 0 aromatic carbocycles. The van der Waals surface area contributed by atoms with Crippen LogP contribution >= 0.6 is 11.6 Å². The van der Waals surface area contributed by atoms with Crippen molar-refractivity contribution in [3.05, 3.63) is 40.7 Å². The number of terminal acetylenes is 1. The Hall–Kier alpha value is -3.12. The smallest absolute Gasteiger partial charge is 0.410 e. The van der Waals surface area contributed by atoms with Gasteiger partial charge in [0.25, 0.3) is 0 Å². The third-order valence-electron chi connectivity index (χ3n) is 6.01. The normalized spacial score (nSPS) is 23.2. The highest BCUT2D eigenvalue weighted by molar-refractivity contribution is 6.30. The zero-order chi connectivity index (χ0) is 21.6. The second-order valence-corrected chi connectivity index (χ2v) is 8.39. The van der Waals surface area contributed by atoms with Crippen molar-refractivity contribution in [1.29, 1.82) is 0 Å². The molecule has 1 amide bonds. The summed E-state index contributed by atoms with van der Waals surface area (Å²) in [7, 11) is 0. The number of fused-ring (bicyclic) bond motifs is 4. The number of rotatable bonds is 5. The molecule has 5 rings (SSSR count). The van der Waals surface area contributed by atoms with Crippen LogP contribution in [0.2, 0.25) is 5.02 Å². The molecule has 1 N–H and O–H groups in total. The van der Waals surface area contributed by atoms with Crippen LogP contribution in [-0.2, 0) is 10.3 Å². The van der Waals surface area contributed by atoms with Crippen molar-refractivity contribution >= 4 is 29.3 Å². The summed E-state index contributed by atoms with van der Waals surface area (Å²) in [5.74, 6) is 3.46. The summed E-state index contributed by atoms with van der Waals surface area (Å²) < 4.78 is 19.4. The Morgan fingerprint density at radius 1 is 1.45 bits per heavy atom. The lowest BCUT2D eigenvalue weighted by molar-refractivity contribution is 0.0955. The van der Waals surface area contributed by atoms with Gasteiger partial charge in [0.2, 0.25) is 0 Å². The molecule has 2 saturated heterocycles. The van der Waals surface area contributed by atoms with Crippen LogP contribution in [0.4, 0.5) is 20.8 Å². The average Bonchev–Trinajstić information content (AvgIpc) is 3.46. The molecular weight excluding hydrogens is 423 g/mol. The lowest BCUT2D eigenvalue weighted by atomic mass is 9.93. The van der Waals surface area contributed by atoms with Gasteiger partial charge >= 0.3 is 6.09 Å². The van der Waals surface area contributed by atoms with Crippen LogP contribution in [0.3, 0.4) is 0 Å². The van der Waals surface area contributed by atoms with Crippen LogP contribution in [0.1, 0.15) is 24.2 Å². The number of carbonyl (C=O) groups excluding carboxylic acids is 1. The molecule has 160 valence electrons. The van der Waals surface area contributed by atoms with Crippen LogP contribution in [0.5, 0.6) is 0 Å².